The van der Waals surface area contributed by atoms with Crippen LogP contribution < -0.4 is 90.8 Å². The molecule has 13 atom stereocenters. The molecule has 0 radical (unpaired) electrons. The second-order valence-electron chi connectivity index (χ2n) is 36.8. The van der Waals surface area contributed by atoms with Gasteiger partial charge in [-0.25, -0.2) is 4.98 Å². The lowest BCUT2D eigenvalue weighted by atomic mass is 10.0. The lowest BCUT2D eigenvalue weighted by Crippen LogP contribution is -2.62. The number of guanidine groups is 1. The van der Waals surface area contributed by atoms with E-state index in [0.717, 1.165) is 74.5 Å². The smallest absolute Gasteiger partial charge is 0.317 e. The maximum absolute atomic E-state index is 15.4. The standard InChI is InChI=1S/C98H151N23O29/c1-61(127)108-67-31-21-23-37-102-81(129)50-73(114-90(141)71(48-63-51-106-66-30-20-19-29-65(63)66)112-87(138)69(33-25-38-105-98(99)100)109-89(140)70(47-62-27-15-14-16-28-62)111-91(142)72(113-86(67)137)49-64-52-101-60-107-64)97(148)121-42-26-34-79(121)96(147)119-78(59-126)95(146)118-77(58-125)94(145)117-75(56-123)92(143)110-68(32-22-24-41-120(53-83(132)133)54-84(134)135)88(139)116-76(57-124)93(144)115-74(55-122)85(136)104-40-44-150-46-45-149-43-39-103-80(128)35-17-12-10-8-6-4-2-3-5-7-9-11-13-18-36-82(130)131/h14-16,19-20,27-30,51-52,60,67-79,106,122-126H,2-13,17-18,21-26,31-50,53-59H2,1H3,(H,101,107)(H,102,129)(H,103,128)(H,104,136)(H,108,127)(H,109,140)(H,110,143)(H,111,142)(H,112,138)(H,113,137)(H,114,141)(H,115,144)(H,116,139)(H,117,145)(H,118,146)(H,119,147)(H,130,131)(H,132,133)(H,134,135)(H4,99,100,105). The van der Waals surface area contributed by atoms with E-state index in [0.29, 0.717) is 34.1 Å². The predicted molar refractivity (Wildman–Crippen MR) is 539 cm³/mol. The summed E-state index contributed by atoms with van der Waals surface area (Å²) >= 11 is 0. The summed E-state index contributed by atoms with van der Waals surface area (Å²) in [5, 5.41) is 128. The number of aromatic amines is 2. The van der Waals surface area contributed by atoms with Gasteiger partial charge < -0.3 is 156 Å². The van der Waals surface area contributed by atoms with Crippen molar-refractivity contribution in [3.05, 3.63) is 90.1 Å². The van der Waals surface area contributed by atoms with E-state index in [4.69, 9.17) is 25.7 Å². The molecule has 2 aliphatic heterocycles. The van der Waals surface area contributed by atoms with Crippen LogP contribution in [0.1, 0.15) is 197 Å². The number of carboxylic acid groups (broad SMARTS) is 3. The summed E-state index contributed by atoms with van der Waals surface area (Å²) in [6.07, 6.45) is 17.5. The number of hydrogen-bond donors (Lipinski definition) is 28. The third-order valence-electron chi connectivity index (χ3n) is 24.8. The fraction of sp³-hybridized carbons (Fsp3) is 0.622. The molecule has 2 saturated heterocycles. The number of rotatable bonds is 65. The van der Waals surface area contributed by atoms with E-state index in [1.54, 1.807) is 60.8 Å². The van der Waals surface area contributed by atoms with E-state index in [1.165, 1.54) is 44.6 Å². The average molecular weight is 2120 g/mol. The first-order chi connectivity index (χ1) is 72.0. The maximum atomic E-state index is 15.4. The van der Waals surface area contributed by atoms with Gasteiger partial charge in [-0.2, -0.15) is 0 Å². The normalized spacial score (nSPS) is 18.3. The fourth-order valence-corrected chi connectivity index (χ4v) is 16.8. The Balaban J connectivity index is 1.11. The molecule has 0 spiro atoms. The van der Waals surface area contributed by atoms with Gasteiger partial charge in [-0.3, -0.25) is 101 Å². The second-order valence-corrected chi connectivity index (χ2v) is 36.8. The molecule has 13 unspecified atom stereocenters. The van der Waals surface area contributed by atoms with Gasteiger partial charge in [0.2, 0.25) is 94.5 Å². The van der Waals surface area contributed by atoms with Crippen LogP contribution in [0, 0.1) is 5.41 Å². The number of amides is 16. The molecule has 4 aromatic rings. The zero-order chi connectivity index (χ0) is 110. The van der Waals surface area contributed by atoms with Crippen LogP contribution in [0.15, 0.2) is 73.3 Å². The summed E-state index contributed by atoms with van der Waals surface area (Å²) in [7, 11) is 0. The zero-order valence-corrected chi connectivity index (χ0v) is 84.7. The fourth-order valence-electron chi connectivity index (χ4n) is 16.8. The molecule has 0 bridgehead atoms. The van der Waals surface area contributed by atoms with Crippen LogP contribution in [0.2, 0.25) is 0 Å². The Bertz CT molecular complexity index is 4960. The molecule has 2 aliphatic rings. The van der Waals surface area contributed by atoms with E-state index in [1.807, 2.05) is 0 Å². The van der Waals surface area contributed by atoms with Crippen LogP contribution in [-0.2, 0) is 120 Å². The first-order valence-corrected chi connectivity index (χ1v) is 51.0. The SMILES string of the molecule is CC(=O)NC1CCCCNC(=O)CC(C(=O)N2CCCC2C(=O)NC(CO)C(=O)NC(CO)C(=O)NC(CO)C(=O)NC(CCCCN(CC(=O)O)CC(=O)O)C(=O)NC(CO)C(=O)NC(CO)C(=O)NCCOCCOCCNC(=O)CCCCCCCCCCCCCCCCC(=O)O)NC(=O)C(Cc2c[nH]c3ccccc23)NC(=O)C(CCCNC(=N)N)NC(=O)C(Cc2ccccc2)NC(=O)C(Cc2cnc[nH]2)NC1=O. The number of carbonyl (C=O) groups excluding carboxylic acids is 16. The number of likely N-dealkylation sites (tertiary alicyclic amines) is 1. The number of aromatic nitrogens is 3. The minimum atomic E-state index is -2.10. The van der Waals surface area contributed by atoms with E-state index in [-0.39, 0.29) is 155 Å². The van der Waals surface area contributed by atoms with Crippen LogP contribution in [0.5, 0.6) is 0 Å². The van der Waals surface area contributed by atoms with Crippen molar-refractivity contribution in [1.82, 2.24) is 110 Å². The number of para-hydroxylation sites is 1. The quantitative estimate of drug-likeness (QED) is 0.0112. The third kappa shape index (κ3) is 47.7. The monoisotopic (exact) mass is 2110 g/mol. The second kappa shape index (κ2) is 70.1. The Labute approximate surface area is 867 Å². The van der Waals surface area contributed by atoms with Crippen molar-refractivity contribution in [2.75, 3.05) is 112 Å². The van der Waals surface area contributed by atoms with Gasteiger partial charge in [0, 0.05) is 101 Å². The molecule has 6 rings (SSSR count). The Morgan fingerprint density at radius 1 is 0.493 bits per heavy atom. The lowest BCUT2D eigenvalue weighted by molar-refractivity contribution is -0.144. The Hall–Kier alpha value is -13.9. The van der Waals surface area contributed by atoms with Gasteiger partial charge in [-0.05, 0) is 101 Å². The lowest BCUT2D eigenvalue weighted by Gasteiger charge is -2.31. The number of ether oxygens (including phenoxy) is 2. The number of fused-ring (bicyclic) bond motifs is 1. The van der Waals surface area contributed by atoms with Crippen LogP contribution in [0.3, 0.4) is 0 Å². The number of nitrogens with zero attached hydrogens (tertiary/aromatic N) is 3. The Kier molecular flexibility index (Phi) is 58.3. The molecular weight excluding hydrogens is 1960 g/mol. The topological polar surface area (TPSA) is 798 Å². The first kappa shape index (κ1) is 125. The number of hydrogen-bond acceptors (Lipinski definition) is 29. The van der Waals surface area contributed by atoms with Gasteiger partial charge in [-0.1, -0.05) is 126 Å². The molecule has 150 heavy (non-hydrogen) atoms. The van der Waals surface area contributed by atoms with Crippen LogP contribution in [0.4, 0.5) is 0 Å². The van der Waals surface area contributed by atoms with Gasteiger partial charge in [-0.15, -0.1) is 0 Å². The third-order valence-corrected chi connectivity index (χ3v) is 24.8. The average Bonchev–Trinajstić information content (AvgIpc) is 1.67. The number of imidazole rings is 1. The van der Waals surface area contributed by atoms with Crippen molar-refractivity contribution in [2.24, 2.45) is 5.73 Å². The van der Waals surface area contributed by atoms with Gasteiger partial charge >= 0.3 is 17.9 Å². The molecule has 2 aromatic heterocycles. The minimum Gasteiger partial charge on any atom is -0.481 e. The van der Waals surface area contributed by atoms with Gasteiger partial charge in [0.05, 0.1) is 85.3 Å². The van der Waals surface area contributed by atoms with Crippen molar-refractivity contribution in [2.45, 2.75) is 278 Å². The molecule has 16 amide bonds. The molecule has 2 aromatic carbocycles. The number of aliphatic hydroxyl groups excluding tert-OH is 5. The number of nitrogens with one attached hydrogen (secondary N) is 19. The van der Waals surface area contributed by atoms with Crippen molar-refractivity contribution >= 4 is 129 Å². The zero-order valence-electron chi connectivity index (χ0n) is 84.7. The summed E-state index contributed by atoms with van der Waals surface area (Å²) in [5.41, 5.74) is 7.58. The van der Waals surface area contributed by atoms with Gasteiger partial charge in [0.25, 0.3) is 0 Å². The first-order valence-electron chi connectivity index (χ1n) is 51.0. The summed E-state index contributed by atoms with van der Waals surface area (Å²) in [5.74, 6) is -20.0. The summed E-state index contributed by atoms with van der Waals surface area (Å²) < 4.78 is 11.0. The van der Waals surface area contributed by atoms with E-state index < -0.39 is 250 Å². The number of aliphatic carboxylic acids is 3. The molecule has 2 fully saturated rings. The molecule has 4 heterocycles. The number of H-pyrrole nitrogens is 2. The van der Waals surface area contributed by atoms with Gasteiger partial charge in [0.1, 0.15) is 78.5 Å². The van der Waals surface area contributed by atoms with Crippen molar-refractivity contribution < 1.29 is 141 Å². The molecule has 52 nitrogen and oxygen atoms in total. The Morgan fingerprint density at radius 3 is 1.53 bits per heavy atom. The Morgan fingerprint density at radius 2 is 0.987 bits per heavy atom. The van der Waals surface area contributed by atoms with E-state index >= 15 is 19.2 Å². The molecule has 832 valence electrons. The van der Waals surface area contributed by atoms with Crippen LogP contribution >= 0.6 is 0 Å². The van der Waals surface area contributed by atoms with Crippen LogP contribution in [0.25, 0.3) is 10.9 Å². The highest BCUT2D eigenvalue weighted by Gasteiger charge is 2.43. The summed E-state index contributed by atoms with van der Waals surface area (Å²) in [6.45, 7) is -6.38. The number of benzene rings is 2. The summed E-state index contributed by atoms with van der Waals surface area (Å²) in [6, 6.07) is -7.23. The molecule has 0 saturated carbocycles. The number of aliphatic hydroxyl groups is 5. The van der Waals surface area contributed by atoms with Crippen LogP contribution in [-0.4, -0.2) is 374 Å². The maximum Gasteiger partial charge on any atom is 0.317 e. The number of carboxylic acids is 3. The van der Waals surface area contributed by atoms with Gasteiger partial charge in [0.15, 0.2) is 5.96 Å². The minimum absolute atomic E-state index is 0.0181. The summed E-state index contributed by atoms with van der Waals surface area (Å²) in [4.78, 5) is 274. The molecular formula is C98H151N23O29. The van der Waals surface area contributed by atoms with E-state index in [9.17, 15) is 108 Å². The number of unbranched alkanes of at least 4 members (excludes halogenated alkanes) is 14. The van der Waals surface area contributed by atoms with Crippen molar-refractivity contribution in [3.8, 4) is 0 Å². The molecule has 0 aliphatic carbocycles. The van der Waals surface area contributed by atoms with Crippen molar-refractivity contribution in [3.63, 3.8) is 0 Å². The highest BCUT2D eigenvalue weighted by Crippen LogP contribution is 2.24. The predicted octanol–water partition coefficient (Wildman–Crippen LogP) is -5.10. The number of carbonyl (C=O) groups is 19. The highest BCUT2D eigenvalue weighted by molar-refractivity contribution is 6.02. The molecule has 52 heteroatoms. The van der Waals surface area contributed by atoms with E-state index in [2.05, 4.69) is 100 Å². The van der Waals surface area contributed by atoms with Crippen molar-refractivity contribution in [1.29, 1.82) is 5.41 Å². The number of nitrogens with two attached hydrogens (primary N) is 1. The highest BCUT2D eigenvalue weighted by atomic mass is 16.5. The molecule has 29 N–H and O–H groups in total. The largest absolute Gasteiger partial charge is 0.481 e.